The van der Waals surface area contributed by atoms with Crippen molar-refractivity contribution in [1.82, 2.24) is 4.98 Å². The third kappa shape index (κ3) is 3.21. The summed E-state index contributed by atoms with van der Waals surface area (Å²) in [7, 11) is 1.54. The lowest BCUT2D eigenvalue weighted by atomic mass is 10.3. The van der Waals surface area contributed by atoms with Crippen LogP contribution < -0.4 is 4.74 Å². The fourth-order valence-corrected chi connectivity index (χ4v) is 0.856. The lowest BCUT2D eigenvalue weighted by Gasteiger charge is -2.03. The third-order valence-corrected chi connectivity index (χ3v) is 1.40. The summed E-state index contributed by atoms with van der Waals surface area (Å²) in [6, 6.07) is 5.28. The van der Waals surface area contributed by atoms with Crippen LogP contribution in [0.4, 0.5) is 0 Å². The van der Waals surface area contributed by atoms with E-state index in [1.807, 2.05) is 0 Å². The van der Waals surface area contributed by atoms with Gasteiger partial charge < -0.3 is 14.3 Å². The van der Waals surface area contributed by atoms with Gasteiger partial charge in [-0.15, -0.1) is 0 Å². The van der Waals surface area contributed by atoms with Crippen molar-refractivity contribution in [2.45, 2.75) is 6.42 Å². The third-order valence-electron chi connectivity index (χ3n) is 1.40. The van der Waals surface area contributed by atoms with Crippen LogP contribution in [0, 0.1) is 0 Å². The number of carbonyl (C=O) groups is 1. The minimum absolute atomic E-state index is 0.164. The van der Waals surface area contributed by atoms with Gasteiger partial charge in [0.25, 0.3) is 0 Å². The lowest BCUT2D eigenvalue weighted by Crippen LogP contribution is -2.01. The van der Waals surface area contributed by atoms with Crippen LogP contribution in [0.25, 0.3) is 0 Å². The Labute approximate surface area is 76.5 Å². The quantitative estimate of drug-likeness (QED) is 0.498. The molecule has 70 valence electrons. The van der Waals surface area contributed by atoms with E-state index in [1.54, 1.807) is 18.2 Å². The maximum atomic E-state index is 10.2. The predicted molar refractivity (Wildman–Crippen MR) is 46.5 cm³/mol. The summed E-state index contributed by atoms with van der Waals surface area (Å²) in [5.41, 5.74) is 0.698. The summed E-state index contributed by atoms with van der Waals surface area (Å²) >= 11 is 0. The van der Waals surface area contributed by atoms with E-state index in [9.17, 15) is 4.79 Å². The van der Waals surface area contributed by atoms with Crippen LogP contribution in [0.1, 0.15) is 5.69 Å². The Balaban J connectivity index is 2.61. The second kappa shape index (κ2) is 5.27. The molecule has 0 saturated heterocycles. The molecule has 0 aliphatic carbocycles. The number of aromatic nitrogens is 1. The molecule has 0 N–H and O–H groups in total. The number of hydrogen-bond acceptors (Lipinski definition) is 4. The van der Waals surface area contributed by atoms with E-state index in [0.29, 0.717) is 18.0 Å². The number of hydrogen-bond donors (Lipinski definition) is 0. The molecule has 0 aromatic carbocycles. The van der Waals surface area contributed by atoms with Crippen LogP contribution in [0.2, 0.25) is 0 Å². The Bertz CT molecular complexity index is 275. The largest absolute Gasteiger partial charge is 0.451 e. The summed E-state index contributed by atoms with van der Waals surface area (Å²) in [6.45, 7) is 0.164. The first-order valence-electron chi connectivity index (χ1n) is 3.88. The molecule has 4 nitrogen and oxygen atoms in total. The molecule has 0 fully saturated rings. The monoisotopic (exact) mass is 181 g/mol. The van der Waals surface area contributed by atoms with E-state index in [-0.39, 0.29) is 6.79 Å². The van der Waals surface area contributed by atoms with Crippen molar-refractivity contribution in [3.05, 3.63) is 23.9 Å². The van der Waals surface area contributed by atoms with Gasteiger partial charge in [0.2, 0.25) is 5.88 Å². The zero-order chi connectivity index (χ0) is 9.52. The van der Waals surface area contributed by atoms with Crippen LogP contribution >= 0.6 is 0 Å². The zero-order valence-corrected chi connectivity index (χ0v) is 7.40. The SMILES string of the molecule is COCOc1cccc(CC=O)n1. The molecule has 13 heavy (non-hydrogen) atoms. The van der Waals surface area contributed by atoms with E-state index in [1.165, 1.54) is 7.11 Å². The predicted octanol–water partition coefficient (Wildman–Crippen LogP) is 0.806. The molecule has 0 aliphatic rings. The highest BCUT2D eigenvalue weighted by atomic mass is 16.7. The van der Waals surface area contributed by atoms with Crippen molar-refractivity contribution in [1.29, 1.82) is 0 Å². The number of aldehydes is 1. The Hall–Kier alpha value is -1.42. The van der Waals surface area contributed by atoms with Gasteiger partial charge in [-0.3, -0.25) is 0 Å². The van der Waals surface area contributed by atoms with E-state index < -0.39 is 0 Å². The minimum atomic E-state index is 0.164. The molecule has 0 atom stereocenters. The fraction of sp³-hybridized carbons (Fsp3) is 0.333. The topological polar surface area (TPSA) is 48.4 Å². The lowest BCUT2D eigenvalue weighted by molar-refractivity contribution is -0.107. The summed E-state index contributed by atoms with van der Waals surface area (Å²) in [6.07, 6.45) is 1.12. The highest BCUT2D eigenvalue weighted by Crippen LogP contribution is 2.07. The van der Waals surface area contributed by atoms with Crippen molar-refractivity contribution >= 4 is 6.29 Å². The van der Waals surface area contributed by atoms with Crippen LogP contribution in [0.5, 0.6) is 5.88 Å². The summed E-state index contributed by atoms with van der Waals surface area (Å²) < 4.78 is 9.81. The van der Waals surface area contributed by atoms with Crippen molar-refractivity contribution in [2.75, 3.05) is 13.9 Å². The standard InChI is InChI=1S/C9H11NO3/c1-12-7-13-9-4-2-3-8(10-9)5-6-11/h2-4,6H,5,7H2,1H3. The number of methoxy groups -OCH3 is 1. The summed E-state index contributed by atoms with van der Waals surface area (Å²) in [5.74, 6) is 0.473. The molecule has 0 saturated carbocycles. The van der Waals surface area contributed by atoms with Gasteiger partial charge in [-0.2, -0.15) is 0 Å². The molecule has 0 unspecified atom stereocenters. The zero-order valence-electron chi connectivity index (χ0n) is 7.40. The maximum Gasteiger partial charge on any atom is 0.215 e. The molecular formula is C9H11NO3. The number of nitrogens with zero attached hydrogens (tertiary/aromatic N) is 1. The van der Waals surface area contributed by atoms with Gasteiger partial charge >= 0.3 is 0 Å². The maximum absolute atomic E-state index is 10.2. The second-order valence-corrected chi connectivity index (χ2v) is 2.39. The van der Waals surface area contributed by atoms with E-state index >= 15 is 0 Å². The van der Waals surface area contributed by atoms with Crippen LogP contribution in [0.15, 0.2) is 18.2 Å². The first kappa shape index (κ1) is 9.67. The number of pyridine rings is 1. The molecule has 0 spiro atoms. The van der Waals surface area contributed by atoms with Gasteiger partial charge in [0, 0.05) is 19.6 Å². The smallest absolute Gasteiger partial charge is 0.215 e. The van der Waals surface area contributed by atoms with Gasteiger partial charge in [0.15, 0.2) is 6.79 Å². The van der Waals surface area contributed by atoms with E-state index in [4.69, 9.17) is 9.47 Å². The Morgan fingerprint density at radius 3 is 3.08 bits per heavy atom. The molecular weight excluding hydrogens is 170 g/mol. The number of carbonyl (C=O) groups excluding carboxylic acids is 1. The average molecular weight is 181 g/mol. The van der Waals surface area contributed by atoms with Crippen LogP contribution in [-0.4, -0.2) is 25.2 Å². The van der Waals surface area contributed by atoms with Gasteiger partial charge in [0.1, 0.15) is 6.29 Å². The molecule has 0 aliphatic heterocycles. The Kier molecular flexibility index (Phi) is 3.92. The molecule has 1 aromatic rings. The first-order chi connectivity index (χ1) is 6.36. The highest BCUT2D eigenvalue weighted by Gasteiger charge is 1.97. The molecule has 0 bridgehead atoms. The first-order valence-corrected chi connectivity index (χ1v) is 3.88. The molecule has 1 aromatic heterocycles. The summed E-state index contributed by atoms with van der Waals surface area (Å²) in [4.78, 5) is 14.3. The van der Waals surface area contributed by atoms with Crippen molar-refractivity contribution < 1.29 is 14.3 Å². The molecule has 0 radical (unpaired) electrons. The molecule has 4 heteroatoms. The van der Waals surface area contributed by atoms with Crippen molar-refractivity contribution in [2.24, 2.45) is 0 Å². The van der Waals surface area contributed by atoms with E-state index in [2.05, 4.69) is 4.98 Å². The van der Waals surface area contributed by atoms with E-state index in [0.717, 1.165) is 6.29 Å². The number of rotatable bonds is 5. The van der Waals surface area contributed by atoms with Crippen LogP contribution in [-0.2, 0) is 16.0 Å². The highest BCUT2D eigenvalue weighted by molar-refractivity contribution is 5.53. The van der Waals surface area contributed by atoms with Gasteiger partial charge in [-0.05, 0) is 6.07 Å². The fourth-order valence-electron chi connectivity index (χ4n) is 0.856. The van der Waals surface area contributed by atoms with Crippen molar-refractivity contribution in [3.63, 3.8) is 0 Å². The molecule has 1 heterocycles. The van der Waals surface area contributed by atoms with Gasteiger partial charge in [-0.25, -0.2) is 4.98 Å². The van der Waals surface area contributed by atoms with Crippen LogP contribution in [0.3, 0.4) is 0 Å². The molecule has 1 rings (SSSR count). The number of ether oxygens (including phenoxy) is 2. The van der Waals surface area contributed by atoms with Crippen molar-refractivity contribution in [3.8, 4) is 5.88 Å². The average Bonchev–Trinajstić information content (AvgIpc) is 2.16. The van der Waals surface area contributed by atoms with Gasteiger partial charge in [-0.1, -0.05) is 6.07 Å². The minimum Gasteiger partial charge on any atom is -0.451 e. The molecule has 0 amide bonds. The second-order valence-electron chi connectivity index (χ2n) is 2.39. The Morgan fingerprint density at radius 1 is 1.54 bits per heavy atom. The van der Waals surface area contributed by atoms with Gasteiger partial charge in [0.05, 0.1) is 5.69 Å². The normalized spacial score (nSPS) is 9.62. The Morgan fingerprint density at radius 2 is 2.38 bits per heavy atom. The summed E-state index contributed by atoms with van der Waals surface area (Å²) in [5, 5.41) is 0.